The van der Waals surface area contributed by atoms with Crippen molar-refractivity contribution in [2.24, 2.45) is 11.0 Å². The summed E-state index contributed by atoms with van der Waals surface area (Å²) >= 11 is 0. The van der Waals surface area contributed by atoms with E-state index in [2.05, 4.69) is 18.9 Å². The van der Waals surface area contributed by atoms with Gasteiger partial charge in [-0.2, -0.15) is 0 Å². The Labute approximate surface area is 75.3 Å². The standard InChI is InChI=1S/C9H20N2O/c1-7(2)9(12)10-11(5,6)8(3)4/h7-8H,1-6H3. The number of hydrogen-bond donors (Lipinski definition) is 0. The molecule has 0 spiro atoms. The SMILES string of the molecule is CC(C)/C([O-])=N/[N+](C)(C)C(C)C. The lowest BCUT2D eigenvalue weighted by Gasteiger charge is -2.30. The minimum absolute atomic E-state index is 0.00106. The summed E-state index contributed by atoms with van der Waals surface area (Å²) in [4.78, 5) is 0. The maximum atomic E-state index is 11.3. The maximum Gasteiger partial charge on any atom is 0.107 e. The normalized spacial score (nSPS) is 14.5. The van der Waals surface area contributed by atoms with E-state index in [0.717, 1.165) is 0 Å². The molecule has 0 atom stereocenters. The zero-order valence-corrected chi connectivity index (χ0v) is 8.96. The molecule has 0 aliphatic heterocycles. The van der Waals surface area contributed by atoms with Crippen LogP contribution in [-0.2, 0) is 0 Å². The summed E-state index contributed by atoms with van der Waals surface area (Å²) in [6, 6.07) is 0.340. The van der Waals surface area contributed by atoms with Crippen LogP contribution in [0.4, 0.5) is 0 Å². The molecule has 0 aliphatic rings. The lowest BCUT2D eigenvalue weighted by molar-refractivity contribution is -0.919. The number of quaternary nitrogens is 1. The van der Waals surface area contributed by atoms with E-state index in [1.165, 1.54) is 0 Å². The van der Waals surface area contributed by atoms with Crippen molar-refractivity contribution in [3.63, 3.8) is 0 Å². The lowest BCUT2D eigenvalue weighted by atomic mass is 10.2. The zero-order chi connectivity index (χ0) is 9.94. The summed E-state index contributed by atoms with van der Waals surface area (Å²) in [6.07, 6.45) is 0. The molecule has 0 rings (SSSR count). The number of rotatable bonds is 3. The average molecular weight is 172 g/mol. The predicted octanol–water partition coefficient (Wildman–Crippen LogP) is 0.801. The molecule has 0 heterocycles. The summed E-state index contributed by atoms with van der Waals surface area (Å²) in [5, 5.41) is 15.4. The van der Waals surface area contributed by atoms with E-state index in [4.69, 9.17) is 0 Å². The second-order valence-electron chi connectivity index (χ2n) is 4.17. The first-order chi connectivity index (χ1) is 5.27. The molecule has 3 heteroatoms. The van der Waals surface area contributed by atoms with Gasteiger partial charge in [-0.05, 0) is 19.8 Å². The smallest absolute Gasteiger partial charge is 0.107 e. The van der Waals surface area contributed by atoms with Crippen molar-refractivity contribution in [2.45, 2.75) is 33.7 Å². The van der Waals surface area contributed by atoms with Crippen molar-refractivity contribution in [1.82, 2.24) is 0 Å². The first-order valence-corrected chi connectivity index (χ1v) is 4.38. The van der Waals surface area contributed by atoms with Gasteiger partial charge in [-0.25, -0.2) is 4.59 Å². The second kappa shape index (κ2) is 3.90. The van der Waals surface area contributed by atoms with Gasteiger partial charge < -0.3 is 5.11 Å². The summed E-state index contributed by atoms with van der Waals surface area (Å²) in [5.74, 6) is -0.0187. The topological polar surface area (TPSA) is 35.4 Å². The van der Waals surface area contributed by atoms with Gasteiger partial charge in [0.05, 0.1) is 14.1 Å². The van der Waals surface area contributed by atoms with Gasteiger partial charge in [0.25, 0.3) is 0 Å². The van der Waals surface area contributed by atoms with E-state index in [0.29, 0.717) is 10.6 Å². The Hall–Kier alpha value is -0.570. The van der Waals surface area contributed by atoms with E-state index in [-0.39, 0.29) is 11.8 Å². The minimum Gasteiger partial charge on any atom is -0.858 e. The monoisotopic (exact) mass is 172 g/mol. The van der Waals surface area contributed by atoms with E-state index >= 15 is 0 Å². The quantitative estimate of drug-likeness (QED) is 0.268. The highest BCUT2D eigenvalue weighted by molar-refractivity contribution is 5.72. The maximum absolute atomic E-state index is 11.3. The van der Waals surface area contributed by atoms with Gasteiger partial charge in [0.15, 0.2) is 0 Å². The molecule has 0 N–H and O–H groups in total. The van der Waals surface area contributed by atoms with Crippen LogP contribution in [0, 0.1) is 5.92 Å². The van der Waals surface area contributed by atoms with Gasteiger partial charge in [0.1, 0.15) is 6.04 Å². The highest BCUT2D eigenvalue weighted by Crippen LogP contribution is 2.07. The molecule has 0 aromatic carbocycles. The Bertz CT molecular complexity index is 171. The van der Waals surface area contributed by atoms with Crippen molar-refractivity contribution in [2.75, 3.05) is 14.1 Å². The van der Waals surface area contributed by atoms with Gasteiger partial charge in [0, 0.05) is 5.90 Å². The Morgan fingerprint density at radius 1 is 1.17 bits per heavy atom. The van der Waals surface area contributed by atoms with Gasteiger partial charge >= 0.3 is 0 Å². The van der Waals surface area contributed by atoms with Gasteiger partial charge in [-0.1, -0.05) is 13.8 Å². The Morgan fingerprint density at radius 3 is 1.83 bits per heavy atom. The predicted molar refractivity (Wildman–Crippen MR) is 49.5 cm³/mol. The fourth-order valence-electron chi connectivity index (χ4n) is 0.485. The van der Waals surface area contributed by atoms with Gasteiger partial charge in [-0.15, -0.1) is 5.10 Å². The fourth-order valence-corrected chi connectivity index (χ4v) is 0.485. The van der Waals surface area contributed by atoms with Crippen LogP contribution < -0.4 is 5.11 Å². The largest absolute Gasteiger partial charge is 0.858 e. The molecule has 0 bridgehead atoms. The molecule has 0 aromatic rings. The third-order valence-corrected chi connectivity index (χ3v) is 2.11. The van der Waals surface area contributed by atoms with Crippen molar-refractivity contribution in [3.05, 3.63) is 0 Å². The average Bonchev–Trinajstić information content (AvgIpc) is 1.85. The van der Waals surface area contributed by atoms with Crippen LogP contribution in [0.2, 0.25) is 0 Å². The van der Waals surface area contributed by atoms with Crippen LogP contribution in [0.5, 0.6) is 0 Å². The first-order valence-electron chi connectivity index (χ1n) is 4.38. The minimum atomic E-state index is -0.0197. The highest BCUT2D eigenvalue weighted by Gasteiger charge is 2.18. The molecule has 72 valence electrons. The van der Waals surface area contributed by atoms with Crippen molar-refractivity contribution >= 4 is 5.90 Å². The molecule has 0 fully saturated rings. The number of nitrogens with zero attached hydrogens (tertiary/aromatic N) is 2. The molecule has 12 heavy (non-hydrogen) atoms. The molecule has 0 aromatic heterocycles. The summed E-state index contributed by atoms with van der Waals surface area (Å²) in [5.41, 5.74) is 0. The molecule has 0 radical (unpaired) electrons. The summed E-state index contributed by atoms with van der Waals surface area (Å²) in [7, 11) is 3.87. The van der Waals surface area contributed by atoms with Crippen LogP contribution in [0.1, 0.15) is 27.7 Å². The summed E-state index contributed by atoms with van der Waals surface area (Å²) in [6.45, 7) is 7.84. The summed E-state index contributed by atoms with van der Waals surface area (Å²) < 4.78 is 0.414. The molecule has 0 aliphatic carbocycles. The third kappa shape index (κ3) is 3.22. The van der Waals surface area contributed by atoms with E-state index in [9.17, 15) is 5.11 Å². The van der Waals surface area contributed by atoms with Gasteiger partial charge in [-0.3, -0.25) is 0 Å². The van der Waals surface area contributed by atoms with E-state index < -0.39 is 0 Å². The molecule has 3 nitrogen and oxygen atoms in total. The van der Waals surface area contributed by atoms with Crippen molar-refractivity contribution in [1.29, 1.82) is 0 Å². The molecule has 0 unspecified atom stereocenters. The van der Waals surface area contributed by atoms with Crippen molar-refractivity contribution < 1.29 is 9.70 Å². The van der Waals surface area contributed by atoms with Crippen LogP contribution in [-0.4, -0.2) is 30.6 Å². The molecule has 0 saturated heterocycles. The Balaban J connectivity index is 4.50. The Kier molecular flexibility index (Phi) is 3.71. The van der Waals surface area contributed by atoms with Crippen LogP contribution >= 0.6 is 0 Å². The fraction of sp³-hybridized carbons (Fsp3) is 0.889. The van der Waals surface area contributed by atoms with Crippen LogP contribution in [0.3, 0.4) is 0 Å². The third-order valence-electron chi connectivity index (χ3n) is 2.11. The van der Waals surface area contributed by atoms with Gasteiger partial charge in [0.2, 0.25) is 0 Å². The van der Waals surface area contributed by atoms with E-state index in [1.54, 1.807) is 0 Å². The van der Waals surface area contributed by atoms with Crippen LogP contribution in [0.25, 0.3) is 0 Å². The molecule has 0 amide bonds. The highest BCUT2D eigenvalue weighted by atomic mass is 16.3. The zero-order valence-electron chi connectivity index (χ0n) is 8.96. The molecular weight excluding hydrogens is 152 g/mol. The van der Waals surface area contributed by atoms with Crippen molar-refractivity contribution in [3.8, 4) is 0 Å². The lowest BCUT2D eigenvalue weighted by Crippen LogP contribution is -2.43. The molecular formula is C9H20N2O. The van der Waals surface area contributed by atoms with E-state index in [1.807, 2.05) is 27.9 Å². The molecule has 0 saturated carbocycles. The van der Waals surface area contributed by atoms with Crippen LogP contribution in [0.15, 0.2) is 5.10 Å². The Morgan fingerprint density at radius 2 is 1.58 bits per heavy atom. The second-order valence-corrected chi connectivity index (χ2v) is 4.17. The first kappa shape index (κ1) is 11.4. The number of hydrogen-bond acceptors (Lipinski definition) is 2.